The first-order chi connectivity index (χ1) is 15.5. The maximum absolute atomic E-state index is 12.7. The van der Waals surface area contributed by atoms with E-state index >= 15 is 0 Å². The van der Waals surface area contributed by atoms with E-state index in [9.17, 15) is 9.59 Å². The smallest absolute Gasteiger partial charge is 0.349 e. The first kappa shape index (κ1) is 21.0. The van der Waals surface area contributed by atoms with Gasteiger partial charge in [-0.05, 0) is 30.3 Å². The van der Waals surface area contributed by atoms with Gasteiger partial charge in [0.05, 0.1) is 26.7 Å². The van der Waals surface area contributed by atoms with Gasteiger partial charge < -0.3 is 28.1 Å². The first-order valence-corrected chi connectivity index (χ1v) is 9.63. The van der Waals surface area contributed by atoms with E-state index in [0.29, 0.717) is 33.8 Å². The lowest BCUT2D eigenvalue weighted by molar-refractivity contribution is -0.136. The molecule has 0 saturated carbocycles. The average molecular weight is 436 g/mol. The number of methoxy groups -OCH3 is 3. The minimum Gasteiger partial charge on any atom is -0.493 e. The van der Waals surface area contributed by atoms with Crippen molar-refractivity contribution in [1.82, 2.24) is 0 Å². The molecule has 0 aliphatic heterocycles. The Morgan fingerprint density at radius 2 is 1.59 bits per heavy atom. The second-order valence-electron chi connectivity index (χ2n) is 6.69. The highest BCUT2D eigenvalue weighted by Gasteiger charge is 2.21. The zero-order valence-corrected chi connectivity index (χ0v) is 17.7. The van der Waals surface area contributed by atoms with Gasteiger partial charge in [-0.3, -0.25) is 0 Å². The van der Waals surface area contributed by atoms with E-state index in [-0.39, 0.29) is 23.3 Å². The molecule has 0 N–H and O–H groups in total. The summed E-state index contributed by atoms with van der Waals surface area (Å²) in [6.07, 6.45) is 0. The number of esters is 1. The predicted octanol–water partition coefficient (Wildman–Crippen LogP) is 3.96. The van der Waals surface area contributed by atoms with Crippen LogP contribution in [0, 0.1) is 0 Å². The highest BCUT2D eigenvalue weighted by molar-refractivity contribution is 6.10. The topological polar surface area (TPSA) is 93.4 Å². The molecule has 0 spiro atoms. The van der Waals surface area contributed by atoms with Crippen LogP contribution >= 0.6 is 0 Å². The third kappa shape index (κ3) is 3.90. The van der Waals surface area contributed by atoms with E-state index in [4.69, 9.17) is 28.1 Å². The van der Waals surface area contributed by atoms with E-state index in [1.807, 2.05) is 6.07 Å². The Balaban J connectivity index is 1.71. The van der Waals surface area contributed by atoms with Crippen molar-refractivity contribution in [2.24, 2.45) is 0 Å². The van der Waals surface area contributed by atoms with Crippen LogP contribution < -0.4 is 29.3 Å². The van der Waals surface area contributed by atoms with Gasteiger partial charge in [0.15, 0.2) is 18.1 Å². The summed E-state index contributed by atoms with van der Waals surface area (Å²) in [6.45, 7) is -0.269. The molecule has 0 bridgehead atoms. The normalized spacial score (nSPS) is 10.7. The lowest BCUT2D eigenvalue weighted by Gasteiger charge is -2.15. The number of carbonyl (C=O) groups is 1. The summed E-state index contributed by atoms with van der Waals surface area (Å²) in [4.78, 5) is 24.8. The summed E-state index contributed by atoms with van der Waals surface area (Å²) in [5.74, 6) is 1.19. The Morgan fingerprint density at radius 1 is 0.844 bits per heavy atom. The maximum atomic E-state index is 12.7. The van der Waals surface area contributed by atoms with E-state index in [1.54, 1.807) is 36.4 Å². The standard InChI is InChI=1S/C24H20O8/c1-27-19-12-17-21(23(29-3)22(19)28-2)16-10-9-15(11-18(16)32-24(17)26)31-20(25)13-30-14-7-5-4-6-8-14/h4-12H,13H2,1-3H3. The Kier molecular flexibility index (Phi) is 5.85. The Labute approximate surface area is 182 Å². The fraction of sp³-hybridized carbons (Fsp3) is 0.167. The molecule has 8 nitrogen and oxygen atoms in total. The molecule has 0 amide bonds. The number of para-hydroxylation sites is 1. The van der Waals surface area contributed by atoms with E-state index in [2.05, 4.69) is 0 Å². The van der Waals surface area contributed by atoms with Crippen LogP contribution in [0.25, 0.3) is 21.7 Å². The Hall–Kier alpha value is -4.20. The van der Waals surface area contributed by atoms with Crippen molar-refractivity contribution in [1.29, 1.82) is 0 Å². The van der Waals surface area contributed by atoms with Crippen molar-refractivity contribution >= 4 is 27.7 Å². The van der Waals surface area contributed by atoms with Gasteiger partial charge in [-0.2, -0.15) is 0 Å². The molecule has 3 aromatic carbocycles. The summed E-state index contributed by atoms with van der Waals surface area (Å²) in [7, 11) is 4.42. The quantitative estimate of drug-likeness (QED) is 0.186. The molecular weight excluding hydrogens is 416 g/mol. The average Bonchev–Trinajstić information content (AvgIpc) is 2.82. The monoisotopic (exact) mass is 436 g/mol. The first-order valence-electron chi connectivity index (χ1n) is 9.63. The van der Waals surface area contributed by atoms with Gasteiger partial charge in [-0.25, -0.2) is 9.59 Å². The SMILES string of the molecule is COc1cc2c(=O)oc3cc(OC(=O)COc4ccccc4)ccc3c2c(OC)c1OC. The zero-order valence-electron chi connectivity index (χ0n) is 17.7. The highest BCUT2D eigenvalue weighted by atomic mass is 16.6. The van der Waals surface area contributed by atoms with Gasteiger partial charge in [0.1, 0.15) is 17.1 Å². The summed E-state index contributed by atoms with van der Waals surface area (Å²) in [6, 6.07) is 15.2. The van der Waals surface area contributed by atoms with Crippen LogP contribution in [0.3, 0.4) is 0 Å². The lowest BCUT2D eigenvalue weighted by Crippen LogP contribution is -2.17. The van der Waals surface area contributed by atoms with Gasteiger partial charge in [-0.15, -0.1) is 0 Å². The number of rotatable bonds is 7. The largest absolute Gasteiger partial charge is 0.493 e. The minimum atomic E-state index is -0.597. The van der Waals surface area contributed by atoms with Crippen molar-refractivity contribution in [3.63, 3.8) is 0 Å². The molecule has 1 aromatic heterocycles. The summed E-state index contributed by atoms with van der Waals surface area (Å²) in [5.41, 5.74) is -0.370. The van der Waals surface area contributed by atoms with Crippen LogP contribution in [-0.2, 0) is 4.79 Å². The molecular formula is C24H20O8. The fourth-order valence-corrected chi connectivity index (χ4v) is 3.42. The van der Waals surface area contributed by atoms with Crippen molar-refractivity contribution in [2.45, 2.75) is 0 Å². The minimum absolute atomic E-state index is 0.209. The van der Waals surface area contributed by atoms with Crippen LogP contribution in [0.15, 0.2) is 63.8 Å². The van der Waals surface area contributed by atoms with Gasteiger partial charge >= 0.3 is 11.6 Å². The molecule has 4 aromatic rings. The molecule has 8 heteroatoms. The second-order valence-corrected chi connectivity index (χ2v) is 6.69. The van der Waals surface area contributed by atoms with Crippen molar-refractivity contribution in [2.75, 3.05) is 27.9 Å². The van der Waals surface area contributed by atoms with Crippen molar-refractivity contribution < 1.29 is 32.9 Å². The number of benzene rings is 3. The van der Waals surface area contributed by atoms with Crippen LogP contribution in [0.2, 0.25) is 0 Å². The van der Waals surface area contributed by atoms with Crippen molar-refractivity contribution in [3.05, 3.63) is 65.0 Å². The Bertz CT molecular complexity index is 1340. The van der Waals surface area contributed by atoms with Crippen LogP contribution in [0.4, 0.5) is 0 Å². The number of fused-ring (bicyclic) bond motifs is 3. The fourth-order valence-electron chi connectivity index (χ4n) is 3.42. The van der Waals surface area contributed by atoms with Crippen molar-refractivity contribution in [3.8, 4) is 28.7 Å². The Morgan fingerprint density at radius 3 is 2.28 bits per heavy atom. The summed E-state index contributed by atoms with van der Waals surface area (Å²) < 4.78 is 32.5. The number of hydrogen-bond acceptors (Lipinski definition) is 8. The maximum Gasteiger partial charge on any atom is 0.349 e. The second kappa shape index (κ2) is 8.89. The lowest BCUT2D eigenvalue weighted by atomic mass is 10.0. The highest BCUT2D eigenvalue weighted by Crippen LogP contribution is 2.45. The number of hydrogen-bond donors (Lipinski definition) is 0. The van der Waals surface area contributed by atoms with E-state index in [0.717, 1.165) is 0 Å². The predicted molar refractivity (Wildman–Crippen MR) is 117 cm³/mol. The van der Waals surface area contributed by atoms with Crippen LogP contribution in [-0.4, -0.2) is 33.9 Å². The molecule has 4 rings (SSSR count). The number of carbonyl (C=O) groups excluding carboxylic acids is 1. The summed E-state index contributed by atoms with van der Waals surface area (Å²) in [5, 5.41) is 1.35. The van der Waals surface area contributed by atoms with E-state index < -0.39 is 11.6 Å². The summed E-state index contributed by atoms with van der Waals surface area (Å²) >= 11 is 0. The molecule has 1 heterocycles. The molecule has 0 aliphatic rings. The molecule has 0 saturated heterocycles. The van der Waals surface area contributed by atoms with Gasteiger partial charge in [0, 0.05) is 16.8 Å². The molecule has 0 atom stereocenters. The molecule has 0 radical (unpaired) electrons. The third-order valence-electron chi connectivity index (χ3n) is 4.81. The molecule has 164 valence electrons. The molecule has 32 heavy (non-hydrogen) atoms. The molecule has 0 fully saturated rings. The zero-order chi connectivity index (χ0) is 22.7. The van der Waals surface area contributed by atoms with Gasteiger partial charge in [-0.1, -0.05) is 18.2 Å². The number of ether oxygens (including phenoxy) is 5. The van der Waals surface area contributed by atoms with Crippen LogP contribution in [0.1, 0.15) is 0 Å². The molecule has 0 unspecified atom stereocenters. The van der Waals surface area contributed by atoms with Gasteiger partial charge in [0.2, 0.25) is 5.75 Å². The van der Waals surface area contributed by atoms with Gasteiger partial charge in [0.25, 0.3) is 0 Å². The third-order valence-corrected chi connectivity index (χ3v) is 4.81. The van der Waals surface area contributed by atoms with Crippen LogP contribution in [0.5, 0.6) is 28.7 Å². The van der Waals surface area contributed by atoms with E-state index in [1.165, 1.54) is 33.5 Å². The molecule has 0 aliphatic carbocycles.